The van der Waals surface area contributed by atoms with Gasteiger partial charge in [-0.25, -0.2) is 0 Å². The Bertz CT molecular complexity index is 261. The molecule has 19 heavy (non-hydrogen) atoms. The van der Waals surface area contributed by atoms with Crippen LogP contribution in [0.25, 0.3) is 0 Å². The Labute approximate surface area is 117 Å². The second kappa shape index (κ2) is 6.99. The standard InChI is InChI=1S/C14H29N5/c1-2-17-11-14(19-9-5-16-6-10-19)13(1)12-18-7-3-15-4-8-18/h13-17H,1-12H2. The molecule has 3 aliphatic rings. The fraction of sp³-hybridized carbons (Fsp3) is 1.00. The predicted molar refractivity (Wildman–Crippen MR) is 78.5 cm³/mol. The van der Waals surface area contributed by atoms with E-state index in [0.717, 1.165) is 25.0 Å². The Morgan fingerprint density at radius 3 is 2.21 bits per heavy atom. The molecule has 0 spiro atoms. The third-order valence-corrected chi connectivity index (χ3v) is 4.91. The van der Waals surface area contributed by atoms with Gasteiger partial charge in [-0.15, -0.1) is 0 Å². The molecular formula is C14H29N5. The molecule has 0 amide bonds. The summed E-state index contributed by atoms with van der Waals surface area (Å²) in [6.45, 7) is 13.3. The molecule has 0 aromatic heterocycles. The number of hydrogen-bond acceptors (Lipinski definition) is 5. The zero-order valence-corrected chi connectivity index (χ0v) is 12.0. The Morgan fingerprint density at radius 2 is 1.47 bits per heavy atom. The maximum Gasteiger partial charge on any atom is 0.0262 e. The number of hydrogen-bond donors (Lipinski definition) is 3. The van der Waals surface area contributed by atoms with Crippen LogP contribution in [-0.2, 0) is 0 Å². The summed E-state index contributed by atoms with van der Waals surface area (Å²) in [5, 5.41) is 10.5. The van der Waals surface area contributed by atoms with Crippen LogP contribution < -0.4 is 16.0 Å². The molecule has 3 saturated heterocycles. The van der Waals surface area contributed by atoms with Crippen LogP contribution in [0.4, 0.5) is 0 Å². The SMILES string of the molecule is C1CN(CC2CCNCC2N2CCNCC2)CCN1. The van der Waals surface area contributed by atoms with Crippen LogP contribution in [0.1, 0.15) is 6.42 Å². The maximum atomic E-state index is 3.61. The van der Waals surface area contributed by atoms with Crippen molar-refractivity contribution in [1.29, 1.82) is 0 Å². The van der Waals surface area contributed by atoms with Crippen LogP contribution in [-0.4, -0.2) is 87.8 Å². The van der Waals surface area contributed by atoms with E-state index in [1.54, 1.807) is 0 Å². The highest BCUT2D eigenvalue weighted by molar-refractivity contribution is 4.89. The molecule has 3 N–H and O–H groups in total. The van der Waals surface area contributed by atoms with E-state index in [1.807, 2.05) is 0 Å². The molecule has 2 atom stereocenters. The average Bonchev–Trinajstić information content (AvgIpc) is 2.50. The molecular weight excluding hydrogens is 238 g/mol. The molecule has 5 heteroatoms. The van der Waals surface area contributed by atoms with Crippen LogP contribution in [0, 0.1) is 5.92 Å². The molecule has 0 aromatic carbocycles. The van der Waals surface area contributed by atoms with Gasteiger partial charge in [-0.1, -0.05) is 0 Å². The van der Waals surface area contributed by atoms with E-state index in [0.29, 0.717) is 0 Å². The first-order chi connectivity index (χ1) is 9.43. The first-order valence-corrected chi connectivity index (χ1v) is 8.02. The molecule has 2 unspecified atom stereocenters. The maximum absolute atomic E-state index is 3.61. The number of piperidine rings is 1. The van der Waals surface area contributed by atoms with E-state index in [-0.39, 0.29) is 0 Å². The highest BCUT2D eigenvalue weighted by Crippen LogP contribution is 2.20. The summed E-state index contributed by atoms with van der Waals surface area (Å²) >= 11 is 0. The fourth-order valence-electron chi connectivity index (χ4n) is 3.78. The monoisotopic (exact) mass is 267 g/mol. The van der Waals surface area contributed by atoms with Crippen molar-refractivity contribution in [2.24, 2.45) is 5.92 Å². The van der Waals surface area contributed by atoms with Crippen LogP contribution in [0.2, 0.25) is 0 Å². The van der Waals surface area contributed by atoms with Gasteiger partial charge in [0.15, 0.2) is 0 Å². The van der Waals surface area contributed by atoms with Crippen molar-refractivity contribution in [3.05, 3.63) is 0 Å². The lowest BCUT2D eigenvalue weighted by Crippen LogP contribution is -2.59. The van der Waals surface area contributed by atoms with E-state index in [2.05, 4.69) is 25.8 Å². The lowest BCUT2D eigenvalue weighted by Gasteiger charge is -2.44. The van der Waals surface area contributed by atoms with Gasteiger partial charge in [0.05, 0.1) is 0 Å². The highest BCUT2D eigenvalue weighted by atomic mass is 15.2. The van der Waals surface area contributed by atoms with Crippen molar-refractivity contribution in [3.8, 4) is 0 Å². The van der Waals surface area contributed by atoms with Crippen LogP contribution in [0.3, 0.4) is 0 Å². The van der Waals surface area contributed by atoms with E-state index in [9.17, 15) is 0 Å². The van der Waals surface area contributed by atoms with Crippen LogP contribution >= 0.6 is 0 Å². The summed E-state index contributed by atoms with van der Waals surface area (Å²) in [7, 11) is 0. The molecule has 3 rings (SSSR count). The minimum Gasteiger partial charge on any atom is -0.315 e. The van der Waals surface area contributed by atoms with Gasteiger partial charge < -0.3 is 20.9 Å². The number of rotatable bonds is 3. The van der Waals surface area contributed by atoms with Crippen molar-refractivity contribution in [2.45, 2.75) is 12.5 Å². The van der Waals surface area contributed by atoms with Gasteiger partial charge in [-0.3, -0.25) is 4.90 Å². The summed E-state index contributed by atoms with van der Waals surface area (Å²) < 4.78 is 0. The summed E-state index contributed by atoms with van der Waals surface area (Å²) in [6, 6.07) is 0.755. The van der Waals surface area contributed by atoms with Gasteiger partial charge >= 0.3 is 0 Å². The largest absolute Gasteiger partial charge is 0.315 e. The third-order valence-electron chi connectivity index (χ3n) is 4.91. The van der Waals surface area contributed by atoms with E-state index in [1.165, 1.54) is 65.3 Å². The Kier molecular flexibility index (Phi) is 5.07. The van der Waals surface area contributed by atoms with E-state index < -0.39 is 0 Å². The first kappa shape index (κ1) is 13.8. The third kappa shape index (κ3) is 3.67. The predicted octanol–water partition coefficient (Wildman–Crippen LogP) is -1.23. The molecule has 5 nitrogen and oxygen atoms in total. The van der Waals surface area contributed by atoms with Crippen molar-refractivity contribution in [2.75, 3.05) is 72.0 Å². The zero-order valence-electron chi connectivity index (χ0n) is 12.0. The molecule has 0 bridgehead atoms. The highest BCUT2D eigenvalue weighted by Gasteiger charge is 2.31. The summed E-state index contributed by atoms with van der Waals surface area (Å²) in [4.78, 5) is 5.39. The zero-order chi connectivity index (χ0) is 12.9. The van der Waals surface area contributed by atoms with Gasteiger partial charge in [0.2, 0.25) is 0 Å². The minimum atomic E-state index is 0.755. The number of nitrogens with one attached hydrogen (secondary N) is 3. The second-order valence-electron chi connectivity index (χ2n) is 6.16. The molecule has 3 heterocycles. The normalized spacial score (nSPS) is 35.4. The Balaban J connectivity index is 1.56. The number of nitrogens with zero attached hydrogens (tertiary/aromatic N) is 2. The van der Waals surface area contributed by atoms with Gasteiger partial charge in [-0.2, -0.15) is 0 Å². The molecule has 3 aliphatic heterocycles. The average molecular weight is 267 g/mol. The number of piperazine rings is 2. The van der Waals surface area contributed by atoms with E-state index >= 15 is 0 Å². The summed E-state index contributed by atoms with van der Waals surface area (Å²) in [5.74, 6) is 0.859. The van der Waals surface area contributed by atoms with Crippen molar-refractivity contribution < 1.29 is 0 Å². The molecule has 0 radical (unpaired) electrons. The quantitative estimate of drug-likeness (QED) is 0.598. The fourth-order valence-corrected chi connectivity index (χ4v) is 3.78. The first-order valence-electron chi connectivity index (χ1n) is 8.02. The lowest BCUT2D eigenvalue weighted by atomic mass is 9.90. The van der Waals surface area contributed by atoms with E-state index in [4.69, 9.17) is 0 Å². The summed E-state index contributed by atoms with van der Waals surface area (Å²) in [5.41, 5.74) is 0. The Hall–Kier alpha value is -0.200. The second-order valence-corrected chi connectivity index (χ2v) is 6.16. The minimum absolute atomic E-state index is 0.755. The Morgan fingerprint density at radius 1 is 0.789 bits per heavy atom. The molecule has 0 aliphatic carbocycles. The van der Waals surface area contributed by atoms with Crippen LogP contribution in [0.5, 0.6) is 0 Å². The van der Waals surface area contributed by atoms with Crippen molar-refractivity contribution in [1.82, 2.24) is 25.8 Å². The van der Waals surface area contributed by atoms with Gasteiger partial charge in [0.1, 0.15) is 0 Å². The topological polar surface area (TPSA) is 42.6 Å². The van der Waals surface area contributed by atoms with Crippen LogP contribution in [0.15, 0.2) is 0 Å². The van der Waals surface area contributed by atoms with Crippen molar-refractivity contribution >= 4 is 0 Å². The lowest BCUT2D eigenvalue weighted by molar-refractivity contribution is 0.0732. The molecule has 0 saturated carbocycles. The summed E-state index contributed by atoms with van der Waals surface area (Å²) in [6.07, 6.45) is 1.35. The molecule has 3 fully saturated rings. The smallest absolute Gasteiger partial charge is 0.0262 e. The van der Waals surface area contributed by atoms with Gasteiger partial charge in [0.25, 0.3) is 0 Å². The molecule has 0 aromatic rings. The van der Waals surface area contributed by atoms with Gasteiger partial charge in [-0.05, 0) is 18.9 Å². The molecule has 110 valence electrons. The van der Waals surface area contributed by atoms with Gasteiger partial charge in [0, 0.05) is 71.5 Å². The van der Waals surface area contributed by atoms with Crippen molar-refractivity contribution in [3.63, 3.8) is 0 Å².